The topological polar surface area (TPSA) is 34.6 Å². The van der Waals surface area contributed by atoms with Crippen LogP contribution in [0.2, 0.25) is 0 Å². The second kappa shape index (κ2) is 5.91. The quantitative estimate of drug-likeness (QED) is 0.774. The summed E-state index contributed by atoms with van der Waals surface area (Å²) in [6.07, 6.45) is 3.37. The molecule has 1 aromatic carbocycles. The van der Waals surface area contributed by atoms with Crippen LogP contribution in [0.5, 0.6) is 0 Å². The van der Waals surface area contributed by atoms with Crippen molar-refractivity contribution in [3.63, 3.8) is 0 Å². The molecule has 6 heteroatoms. The number of aromatic nitrogens is 1. The summed E-state index contributed by atoms with van der Waals surface area (Å²) in [5, 5.41) is 1.15. The van der Waals surface area contributed by atoms with Crippen molar-refractivity contribution in [1.82, 2.24) is 9.88 Å². The van der Waals surface area contributed by atoms with Crippen molar-refractivity contribution < 1.29 is 9.31 Å². The molecule has 0 amide bonds. The zero-order chi connectivity index (χ0) is 17.8. The Morgan fingerprint density at radius 3 is 2.52 bits per heavy atom. The third-order valence-corrected chi connectivity index (χ3v) is 6.74. The van der Waals surface area contributed by atoms with E-state index in [-0.39, 0.29) is 18.3 Å². The Labute approximate surface area is 154 Å². The van der Waals surface area contributed by atoms with Gasteiger partial charge in [-0.2, -0.15) is 0 Å². The Kier molecular flexibility index (Phi) is 4.07. The number of benzene rings is 1. The van der Waals surface area contributed by atoms with E-state index in [1.807, 2.05) is 0 Å². The third kappa shape index (κ3) is 3.06. The molecule has 132 valence electrons. The van der Waals surface area contributed by atoms with Crippen molar-refractivity contribution in [2.45, 2.75) is 45.3 Å². The van der Waals surface area contributed by atoms with Gasteiger partial charge in [-0.25, -0.2) is 4.98 Å². The molecule has 1 aromatic heterocycles. The first-order valence-electron chi connectivity index (χ1n) is 8.89. The van der Waals surface area contributed by atoms with Gasteiger partial charge in [0.25, 0.3) is 0 Å². The fourth-order valence-corrected chi connectivity index (χ4v) is 4.19. The van der Waals surface area contributed by atoms with Crippen LogP contribution in [-0.4, -0.2) is 48.3 Å². The van der Waals surface area contributed by atoms with Crippen LogP contribution in [0.25, 0.3) is 15.8 Å². The van der Waals surface area contributed by atoms with Gasteiger partial charge in [0, 0.05) is 13.1 Å². The summed E-state index contributed by atoms with van der Waals surface area (Å²) in [4.78, 5) is 7.21. The van der Waals surface area contributed by atoms with Gasteiger partial charge in [-0.1, -0.05) is 12.1 Å². The van der Waals surface area contributed by atoms with Gasteiger partial charge in [-0.05, 0) is 64.3 Å². The molecule has 0 radical (unpaired) electrons. The molecular weight excluding hydrogens is 331 g/mol. The summed E-state index contributed by atoms with van der Waals surface area (Å²) >= 11 is 1.78. The summed E-state index contributed by atoms with van der Waals surface area (Å²) in [6.45, 7) is 10.4. The summed E-state index contributed by atoms with van der Waals surface area (Å²) < 4.78 is 13.6. The van der Waals surface area contributed by atoms with Crippen LogP contribution in [-0.2, 0) is 9.31 Å². The van der Waals surface area contributed by atoms with Gasteiger partial charge < -0.3 is 14.2 Å². The molecule has 0 atom stereocenters. The van der Waals surface area contributed by atoms with E-state index < -0.39 is 0 Å². The van der Waals surface area contributed by atoms with Crippen molar-refractivity contribution in [2.24, 2.45) is 0 Å². The minimum Gasteiger partial charge on any atom is -0.399 e. The number of hydrogen-bond acceptors (Lipinski definition) is 5. The molecule has 0 bridgehead atoms. The van der Waals surface area contributed by atoms with Gasteiger partial charge >= 0.3 is 7.12 Å². The molecular formula is C19H25BN2O2S. The highest BCUT2D eigenvalue weighted by Gasteiger charge is 2.51. The van der Waals surface area contributed by atoms with Crippen LogP contribution in [0.15, 0.2) is 24.3 Å². The maximum atomic E-state index is 6.17. The van der Waals surface area contributed by atoms with E-state index in [2.05, 4.69) is 63.9 Å². The monoisotopic (exact) mass is 356 g/mol. The first kappa shape index (κ1) is 17.2. The fraction of sp³-hybridized carbons (Fsp3) is 0.526. The number of nitrogens with zero attached hydrogens (tertiary/aromatic N) is 2. The Morgan fingerprint density at radius 2 is 1.88 bits per heavy atom. The maximum Gasteiger partial charge on any atom is 0.494 e. The zero-order valence-electron chi connectivity index (χ0n) is 15.6. The molecule has 3 heterocycles. The second-order valence-electron chi connectivity index (χ2n) is 8.08. The van der Waals surface area contributed by atoms with Crippen LogP contribution in [0.4, 0.5) is 0 Å². The summed E-state index contributed by atoms with van der Waals surface area (Å²) in [5.74, 6) is 0. The highest BCUT2D eigenvalue weighted by Crippen LogP contribution is 2.37. The molecule has 2 aliphatic rings. The number of likely N-dealkylation sites (N-methyl/N-ethyl adjacent to an activating group) is 1. The largest absolute Gasteiger partial charge is 0.494 e. The van der Waals surface area contributed by atoms with E-state index in [1.165, 1.54) is 10.3 Å². The van der Waals surface area contributed by atoms with E-state index in [9.17, 15) is 0 Å². The van der Waals surface area contributed by atoms with Gasteiger partial charge in [0.1, 0.15) is 5.01 Å². The van der Waals surface area contributed by atoms with Crippen LogP contribution in [0.3, 0.4) is 0 Å². The molecule has 1 saturated heterocycles. The van der Waals surface area contributed by atoms with E-state index in [4.69, 9.17) is 14.3 Å². The molecule has 25 heavy (non-hydrogen) atoms. The van der Waals surface area contributed by atoms with Gasteiger partial charge in [0.15, 0.2) is 0 Å². The Morgan fingerprint density at radius 1 is 1.16 bits per heavy atom. The normalized spacial score (nSPS) is 23.2. The van der Waals surface area contributed by atoms with Crippen LogP contribution in [0, 0.1) is 0 Å². The van der Waals surface area contributed by atoms with Gasteiger partial charge in [0.2, 0.25) is 0 Å². The van der Waals surface area contributed by atoms with Gasteiger partial charge in [-0.3, -0.25) is 0 Å². The highest BCUT2D eigenvalue weighted by molar-refractivity contribution is 7.19. The molecule has 4 rings (SSSR count). The number of thiazole rings is 1. The van der Waals surface area contributed by atoms with Gasteiger partial charge in [0.05, 0.1) is 21.4 Å². The average molecular weight is 356 g/mol. The standard InChI is InChI=1S/C19H25BN2O2S/c1-18(2)19(3,4)24-20(23-18)14-6-7-16-15(12-14)21-17(25-16)13-8-10-22(5)11-9-13/h6-8,12H,9-11H2,1-5H3. The molecule has 0 N–H and O–H groups in total. The third-order valence-electron chi connectivity index (χ3n) is 5.62. The summed E-state index contributed by atoms with van der Waals surface area (Å²) in [6, 6.07) is 6.37. The highest BCUT2D eigenvalue weighted by atomic mass is 32.1. The molecule has 0 aliphatic carbocycles. The van der Waals surface area contributed by atoms with E-state index in [0.717, 1.165) is 35.5 Å². The van der Waals surface area contributed by atoms with Crippen molar-refractivity contribution in [2.75, 3.05) is 20.1 Å². The molecule has 0 spiro atoms. The molecule has 2 aromatic rings. The molecule has 4 nitrogen and oxygen atoms in total. The number of hydrogen-bond donors (Lipinski definition) is 0. The second-order valence-corrected chi connectivity index (χ2v) is 9.11. The first-order chi connectivity index (χ1) is 11.7. The van der Waals surface area contributed by atoms with Crippen LogP contribution in [0.1, 0.15) is 39.1 Å². The zero-order valence-corrected chi connectivity index (χ0v) is 16.4. The lowest BCUT2D eigenvalue weighted by molar-refractivity contribution is 0.00578. The maximum absolute atomic E-state index is 6.17. The average Bonchev–Trinajstić information content (AvgIpc) is 3.05. The fourth-order valence-electron chi connectivity index (χ4n) is 3.17. The molecule has 1 fully saturated rings. The number of fused-ring (bicyclic) bond motifs is 1. The minimum atomic E-state index is -0.331. The Balaban J connectivity index is 1.63. The lowest BCUT2D eigenvalue weighted by Gasteiger charge is -2.32. The van der Waals surface area contributed by atoms with Crippen LogP contribution >= 0.6 is 11.3 Å². The molecule has 0 unspecified atom stereocenters. The van der Waals surface area contributed by atoms with E-state index >= 15 is 0 Å². The predicted octanol–water partition coefficient (Wildman–Crippen LogP) is 3.31. The van der Waals surface area contributed by atoms with Crippen molar-refractivity contribution in [3.8, 4) is 0 Å². The van der Waals surface area contributed by atoms with Crippen molar-refractivity contribution in [1.29, 1.82) is 0 Å². The molecule has 0 saturated carbocycles. The van der Waals surface area contributed by atoms with Crippen molar-refractivity contribution >= 4 is 39.7 Å². The lowest BCUT2D eigenvalue weighted by atomic mass is 9.79. The number of rotatable bonds is 2. The lowest BCUT2D eigenvalue weighted by Crippen LogP contribution is -2.41. The Bertz CT molecular complexity index is 827. The van der Waals surface area contributed by atoms with Crippen molar-refractivity contribution in [3.05, 3.63) is 29.3 Å². The predicted molar refractivity (Wildman–Crippen MR) is 105 cm³/mol. The SMILES string of the molecule is CN1CC=C(c2nc3cc(B4OC(C)(C)C(C)(C)O4)ccc3s2)CC1. The van der Waals surface area contributed by atoms with Crippen LogP contribution < -0.4 is 5.46 Å². The minimum absolute atomic E-state index is 0.321. The molecule has 2 aliphatic heterocycles. The summed E-state index contributed by atoms with van der Waals surface area (Å²) in [5.41, 5.74) is 2.81. The summed E-state index contributed by atoms with van der Waals surface area (Å²) in [7, 11) is 1.82. The van der Waals surface area contributed by atoms with E-state index in [1.54, 1.807) is 11.3 Å². The van der Waals surface area contributed by atoms with Gasteiger partial charge in [-0.15, -0.1) is 11.3 Å². The Hall–Kier alpha value is -1.21. The first-order valence-corrected chi connectivity index (χ1v) is 9.71. The smallest absolute Gasteiger partial charge is 0.399 e. The van der Waals surface area contributed by atoms with E-state index in [0.29, 0.717) is 0 Å².